The van der Waals surface area contributed by atoms with Gasteiger partial charge in [-0.1, -0.05) is 0 Å². The lowest BCUT2D eigenvalue weighted by Crippen LogP contribution is -2.69. The molecule has 28 heteroatoms. The Morgan fingerprint density at radius 2 is 1.22 bits per heavy atom. The van der Waals surface area contributed by atoms with Crippen molar-refractivity contribution in [3.8, 4) is 0 Å². The molecule has 28 nitrogen and oxygen atoms in total. The van der Waals surface area contributed by atoms with Crippen LogP contribution in [0.25, 0.3) is 0 Å². The van der Waals surface area contributed by atoms with Gasteiger partial charge in [-0.3, -0.25) is 4.79 Å². The number of hydrogen-bond donors (Lipinski definition) is 17. The summed E-state index contributed by atoms with van der Waals surface area (Å²) < 4.78 is 50.5. The van der Waals surface area contributed by atoms with Crippen molar-refractivity contribution in [1.29, 1.82) is 0 Å². The van der Waals surface area contributed by atoms with Crippen LogP contribution in [-0.2, 0) is 52.2 Å². The molecule has 5 heterocycles. The van der Waals surface area contributed by atoms with Crippen molar-refractivity contribution in [1.82, 2.24) is 5.32 Å². The molecule has 0 radical (unpaired) electrons. The van der Waals surface area contributed by atoms with Crippen molar-refractivity contribution in [2.45, 2.75) is 186 Å². The lowest BCUT2D eigenvalue weighted by Gasteiger charge is -2.50. The summed E-state index contributed by atoms with van der Waals surface area (Å²) in [6, 6.07) is -1.74. The fourth-order valence-electron chi connectivity index (χ4n) is 7.84. The first-order valence-electron chi connectivity index (χ1n) is 19.9. The molecule has 0 spiro atoms. The molecule has 1 amide bonds. The third-order valence-electron chi connectivity index (χ3n) is 11.6. The zero-order valence-corrected chi connectivity index (χ0v) is 33.9. The van der Waals surface area contributed by atoms with Gasteiger partial charge in [0, 0.05) is 13.3 Å². The predicted octanol–water partition coefficient (Wildman–Crippen LogP) is -10.5. The van der Waals surface area contributed by atoms with E-state index < -0.39 is 197 Å². The monoisotopic (exact) mass is 925 g/mol. The summed E-state index contributed by atoms with van der Waals surface area (Å²) in [5.41, 5.74) is 0. The highest BCUT2D eigenvalue weighted by Crippen LogP contribution is 2.38. The van der Waals surface area contributed by atoms with E-state index in [1.54, 1.807) is 0 Å². The Kier molecular flexibility index (Phi) is 17.6. The molecule has 5 saturated heterocycles. The fraction of sp³-hybridized carbons (Fsp3) is 0.943. The van der Waals surface area contributed by atoms with Crippen LogP contribution in [0.1, 0.15) is 27.2 Å². The highest BCUT2D eigenvalue weighted by atomic mass is 16.8. The molecule has 0 aromatic carbocycles. The van der Waals surface area contributed by atoms with Crippen LogP contribution in [0.4, 0.5) is 0 Å². The van der Waals surface area contributed by atoms with Crippen LogP contribution < -0.4 is 5.32 Å². The standard InChI is InChI=1S/C35H59NO27/c1-8-16(41)22(47)25(50)31(56-8)59-12-4-35(34(53)54,63-28(20(12)45)18(43)11(40)5-37)55-7-14-21(46)27(15(30(52)58-14)36-10(3)39)61-33-29(24(49)19(44)13(6-38)60-33)62-32-26(51)23(48)17(42)9(2)57-32/h8-9,11-33,37-38,40-52H,4-7H2,1-3H3,(H,36,39)(H,53,54)/t8-,9-,11+,12-,13+,14+,15+,16+,17+,18+,19-,20+,21-,22+,23+,24-,25-,26-,27+,28-,29+,30+,31-,32-,33-,35+/m0/s1. The largest absolute Gasteiger partial charge is 0.477 e. The molecule has 366 valence electrons. The number of amides is 1. The third kappa shape index (κ3) is 10.9. The summed E-state index contributed by atoms with van der Waals surface area (Å²) in [4.78, 5) is 25.3. The van der Waals surface area contributed by atoms with Gasteiger partial charge in [-0.15, -0.1) is 0 Å². The first-order chi connectivity index (χ1) is 29.5. The molecule has 17 N–H and O–H groups in total. The van der Waals surface area contributed by atoms with Crippen molar-refractivity contribution in [2.24, 2.45) is 0 Å². The maximum absolute atomic E-state index is 13.0. The van der Waals surface area contributed by atoms with Crippen LogP contribution in [0.3, 0.4) is 0 Å². The van der Waals surface area contributed by atoms with Crippen LogP contribution in [0.5, 0.6) is 0 Å². The maximum Gasteiger partial charge on any atom is 0.364 e. The van der Waals surface area contributed by atoms with E-state index in [2.05, 4.69) is 5.32 Å². The number of rotatable bonds is 15. The number of carboxylic acids is 1. The second-order valence-corrected chi connectivity index (χ2v) is 16.1. The molecule has 0 saturated carbocycles. The van der Waals surface area contributed by atoms with Crippen molar-refractivity contribution in [2.75, 3.05) is 19.8 Å². The molecule has 0 aliphatic carbocycles. The van der Waals surface area contributed by atoms with Gasteiger partial charge in [0.25, 0.3) is 5.79 Å². The van der Waals surface area contributed by atoms with E-state index in [4.69, 9.17) is 42.6 Å². The minimum absolute atomic E-state index is 0.831. The second kappa shape index (κ2) is 21.3. The van der Waals surface area contributed by atoms with Gasteiger partial charge in [-0.05, 0) is 13.8 Å². The predicted molar refractivity (Wildman–Crippen MR) is 192 cm³/mol. The molecule has 0 unspecified atom stereocenters. The number of nitrogens with one attached hydrogen (secondary N) is 1. The molecule has 5 aliphatic heterocycles. The number of aliphatic hydroxyl groups excluding tert-OH is 15. The molecule has 63 heavy (non-hydrogen) atoms. The Bertz CT molecular complexity index is 1500. The highest BCUT2D eigenvalue weighted by molar-refractivity contribution is 5.76. The van der Waals surface area contributed by atoms with Crippen LogP contribution in [0, 0.1) is 0 Å². The van der Waals surface area contributed by atoms with E-state index in [1.807, 2.05) is 0 Å². The molecule has 5 fully saturated rings. The molecular weight excluding hydrogens is 866 g/mol. The van der Waals surface area contributed by atoms with Crippen molar-refractivity contribution in [3.05, 3.63) is 0 Å². The first kappa shape index (κ1) is 52.0. The quantitative estimate of drug-likeness (QED) is 0.0725. The number of carbonyl (C=O) groups is 2. The van der Waals surface area contributed by atoms with Crippen LogP contribution in [0.2, 0.25) is 0 Å². The van der Waals surface area contributed by atoms with E-state index in [-0.39, 0.29) is 0 Å². The van der Waals surface area contributed by atoms with E-state index in [9.17, 15) is 91.3 Å². The average molecular weight is 926 g/mol. The average Bonchev–Trinajstić information content (AvgIpc) is 3.24. The van der Waals surface area contributed by atoms with Gasteiger partial charge < -0.3 is 130 Å². The van der Waals surface area contributed by atoms with Gasteiger partial charge >= 0.3 is 5.97 Å². The summed E-state index contributed by atoms with van der Waals surface area (Å²) in [5, 5.41) is 171. The van der Waals surface area contributed by atoms with E-state index in [1.165, 1.54) is 13.8 Å². The topological polar surface area (TPSA) is 453 Å². The molecule has 0 bridgehead atoms. The lowest BCUT2D eigenvalue weighted by molar-refractivity contribution is -0.383. The van der Waals surface area contributed by atoms with Crippen molar-refractivity contribution < 1.29 is 134 Å². The van der Waals surface area contributed by atoms with Gasteiger partial charge in [0.05, 0.1) is 38.1 Å². The van der Waals surface area contributed by atoms with E-state index in [0.29, 0.717) is 0 Å². The Hall–Kier alpha value is -2.02. The molecule has 0 aromatic rings. The van der Waals surface area contributed by atoms with E-state index >= 15 is 0 Å². The Balaban J connectivity index is 1.43. The zero-order valence-electron chi connectivity index (χ0n) is 33.9. The summed E-state index contributed by atoms with van der Waals surface area (Å²) >= 11 is 0. The molecular formula is C35H59NO27. The second-order valence-electron chi connectivity index (χ2n) is 16.1. The number of aliphatic hydroxyl groups is 15. The third-order valence-corrected chi connectivity index (χ3v) is 11.6. The SMILES string of the molecule is CC(=O)N[C@@H]1[C@@H](O[C@@H]2O[C@H](CO)[C@H](O)[C@H](O)[C@H]2O[C@@H]2O[C@@H](C)[C@@H](O)[C@@H](O)[C@@H]2O)[C@@H](O)[C@@H](CO[C@]2(C(=O)O)C[C@H](O[C@@H]3O[C@@H](C)[C@@H](O)[C@@H](O)[C@@H]3O)[C@@H](O)[C@H]([C@H](O)[C@H](O)CO)O2)O[C@H]1O. The van der Waals surface area contributed by atoms with Gasteiger partial charge in [0.15, 0.2) is 25.2 Å². The Morgan fingerprint density at radius 1 is 0.667 bits per heavy atom. The van der Waals surface area contributed by atoms with Crippen molar-refractivity contribution in [3.63, 3.8) is 0 Å². The van der Waals surface area contributed by atoms with Gasteiger partial charge in [0.2, 0.25) is 5.91 Å². The molecule has 5 aliphatic rings. The maximum atomic E-state index is 13.0. The van der Waals surface area contributed by atoms with Crippen molar-refractivity contribution >= 4 is 11.9 Å². The smallest absolute Gasteiger partial charge is 0.364 e. The van der Waals surface area contributed by atoms with Crippen LogP contribution >= 0.6 is 0 Å². The van der Waals surface area contributed by atoms with E-state index in [0.717, 1.165) is 6.92 Å². The molecule has 0 aromatic heterocycles. The summed E-state index contributed by atoms with van der Waals surface area (Å²) in [6.45, 7) is 0.400. The summed E-state index contributed by atoms with van der Waals surface area (Å²) in [5.74, 6) is -5.90. The first-order valence-corrected chi connectivity index (χ1v) is 19.9. The lowest BCUT2D eigenvalue weighted by atomic mass is 9.90. The van der Waals surface area contributed by atoms with Gasteiger partial charge in [0.1, 0.15) is 110 Å². The number of ether oxygens (including phenoxy) is 9. The van der Waals surface area contributed by atoms with Crippen LogP contribution in [-0.4, -0.2) is 272 Å². The fourth-order valence-corrected chi connectivity index (χ4v) is 7.84. The number of carbonyl (C=O) groups excluding carboxylic acids is 1. The normalized spacial score (nSPS) is 49.5. The zero-order chi connectivity index (χ0) is 47.0. The Morgan fingerprint density at radius 3 is 1.75 bits per heavy atom. The number of aliphatic carboxylic acids is 1. The Labute approximate surface area is 357 Å². The number of hydrogen-bond acceptors (Lipinski definition) is 26. The van der Waals surface area contributed by atoms with Gasteiger partial charge in [-0.25, -0.2) is 4.79 Å². The number of carboxylic acid groups (broad SMARTS) is 1. The van der Waals surface area contributed by atoms with Crippen LogP contribution in [0.15, 0.2) is 0 Å². The highest BCUT2D eigenvalue weighted by Gasteiger charge is 2.59. The minimum Gasteiger partial charge on any atom is -0.477 e. The van der Waals surface area contributed by atoms with Gasteiger partial charge in [-0.2, -0.15) is 0 Å². The molecule has 5 rings (SSSR count). The molecule has 26 atom stereocenters. The minimum atomic E-state index is -3.07. The summed E-state index contributed by atoms with van der Waals surface area (Å²) in [7, 11) is 0. The summed E-state index contributed by atoms with van der Waals surface area (Å²) in [6.07, 6.45) is -46.1.